The van der Waals surface area contributed by atoms with Crippen molar-refractivity contribution in [1.82, 2.24) is 21.3 Å². The molecule has 1 aliphatic heterocycles. The Hall–Kier alpha value is -2.69. The van der Waals surface area contributed by atoms with Crippen LogP contribution in [0.5, 0.6) is 0 Å². The molecule has 0 aromatic heterocycles. The number of carboxylic acids is 2. The molecule has 11 heteroatoms. The van der Waals surface area contributed by atoms with Crippen LogP contribution in [0.3, 0.4) is 0 Å². The second kappa shape index (κ2) is 12.2. The highest BCUT2D eigenvalue weighted by molar-refractivity contribution is 5.95. The summed E-state index contributed by atoms with van der Waals surface area (Å²) in [5.74, 6) is -4.90. The molecule has 0 aromatic carbocycles. The van der Waals surface area contributed by atoms with E-state index in [0.717, 1.165) is 6.42 Å². The predicted molar refractivity (Wildman–Crippen MR) is 111 cm³/mol. The number of hydrogen-bond donors (Lipinski definition) is 6. The summed E-state index contributed by atoms with van der Waals surface area (Å²) in [6, 6.07) is -4.08. The first-order valence-electron chi connectivity index (χ1n) is 10.5. The van der Waals surface area contributed by atoms with Crippen molar-refractivity contribution < 1.29 is 34.2 Å². The predicted octanol–water partition coefficient (Wildman–Crippen LogP) is -0.546. The summed E-state index contributed by atoms with van der Waals surface area (Å²) < 4.78 is 0. The molecule has 1 aliphatic rings. The molecule has 6 N–H and O–H groups in total. The molecule has 0 spiro atoms. The van der Waals surface area contributed by atoms with E-state index in [1.54, 1.807) is 27.7 Å². The molecule has 3 amide bonds. The van der Waals surface area contributed by atoms with Crippen LogP contribution in [0.1, 0.15) is 53.4 Å². The first-order valence-corrected chi connectivity index (χ1v) is 10.5. The van der Waals surface area contributed by atoms with Crippen molar-refractivity contribution in [1.29, 1.82) is 0 Å². The SMILES string of the molecule is CC(C)CC(NC(=O)C(CC(=O)O)NC(=O)C(NC(=O)C1CCCN1)C(C)C)C(=O)O. The Kier molecular flexibility index (Phi) is 10.4. The van der Waals surface area contributed by atoms with Gasteiger partial charge in [0.1, 0.15) is 18.1 Å². The van der Waals surface area contributed by atoms with E-state index in [-0.39, 0.29) is 24.2 Å². The van der Waals surface area contributed by atoms with Crippen LogP contribution < -0.4 is 21.3 Å². The van der Waals surface area contributed by atoms with Crippen LogP contribution in [-0.4, -0.2) is 70.6 Å². The van der Waals surface area contributed by atoms with E-state index in [0.29, 0.717) is 13.0 Å². The van der Waals surface area contributed by atoms with Gasteiger partial charge in [-0.1, -0.05) is 27.7 Å². The zero-order chi connectivity index (χ0) is 23.7. The van der Waals surface area contributed by atoms with Crippen LogP contribution in [0.2, 0.25) is 0 Å². The molecule has 4 unspecified atom stereocenters. The second-order valence-electron chi connectivity index (χ2n) is 8.57. The van der Waals surface area contributed by atoms with E-state index in [2.05, 4.69) is 21.3 Å². The molecule has 4 atom stereocenters. The van der Waals surface area contributed by atoms with E-state index in [9.17, 15) is 29.1 Å². The molecular formula is C20H34N4O7. The first-order chi connectivity index (χ1) is 14.4. The highest BCUT2D eigenvalue weighted by atomic mass is 16.4. The highest BCUT2D eigenvalue weighted by Gasteiger charge is 2.33. The van der Waals surface area contributed by atoms with Gasteiger partial charge >= 0.3 is 11.9 Å². The molecule has 0 radical (unpaired) electrons. The third-order valence-electron chi connectivity index (χ3n) is 4.96. The van der Waals surface area contributed by atoms with E-state index in [1.165, 1.54) is 0 Å². The molecule has 31 heavy (non-hydrogen) atoms. The number of amides is 3. The molecular weight excluding hydrogens is 408 g/mol. The number of aliphatic carboxylic acids is 2. The van der Waals surface area contributed by atoms with E-state index in [1.807, 2.05) is 0 Å². The van der Waals surface area contributed by atoms with Gasteiger partial charge in [0, 0.05) is 0 Å². The number of carbonyl (C=O) groups excluding carboxylic acids is 3. The average molecular weight is 443 g/mol. The number of hydrogen-bond acceptors (Lipinski definition) is 6. The molecule has 0 bridgehead atoms. The van der Waals surface area contributed by atoms with Gasteiger partial charge in [-0.2, -0.15) is 0 Å². The molecule has 0 aliphatic carbocycles. The summed E-state index contributed by atoms with van der Waals surface area (Å²) in [7, 11) is 0. The van der Waals surface area contributed by atoms with Crippen molar-refractivity contribution in [3.8, 4) is 0 Å². The third kappa shape index (κ3) is 8.91. The number of nitrogens with one attached hydrogen (secondary N) is 4. The lowest BCUT2D eigenvalue weighted by molar-refractivity contribution is -0.144. The quantitative estimate of drug-likeness (QED) is 0.233. The van der Waals surface area contributed by atoms with Crippen LogP contribution in [0, 0.1) is 11.8 Å². The number of carbonyl (C=O) groups is 5. The Balaban J connectivity index is 2.89. The Morgan fingerprint density at radius 1 is 0.935 bits per heavy atom. The van der Waals surface area contributed by atoms with Gasteiger partial charge in [0.2, 0.25) is 17.7 Å². The molecule has 1 fully saturated rings. The first kappa shape index (κ1) is 26.3. The van der Waals surface area contributed by atoms with Gasteiger partial charge in [-0.3, -0.25) is 19.2 Å². The minimum Gasteiger partial charge on any atom is -0.481 e. The zero-order valence-corrected chi connectivity index (χ0v) is 18.4. The molecule has 1 saturated heterocycles. The van der Waals surface area contributed by atoms with Crippen molar-refractivity contribution in [2.24, 2.45) is 11.8 Å². The van der Waals surface area contributed by atoms with Crippen molar-refractivity contribution in [2.75, 3.05) is 6.54 Å². The standard InChI is InChI=1S/C20H34N4O7/c1-10(2)8-14(20(30)31)23-18(28)13(9-15(25)26)22-19(29)16(11(3)4)24-17(27)12-6-5-7-21-12/h10-14,16,21H,5-9H2,1-4H3,(H,22,29)(H,23,28)(H,24,27)(H,25,26)(H,30,31). The molecule has 1 heterocycles. The van der Waals surface area contributed by atoms with E-state index >= 15 is 0 Å². The number of carboxylic acid groups (broad SMARTS) is 2. The highest BCUT2D eigenvalue weighted by Crippen LogP contribution is 2.09. The molecule has 0 aromatic rings. The monoisotopic (exact) mass is 442 g/mol. The molecule has 11 nitrogen and oxygen atoms in total. The topological polar surface area (TPSA) is 174 Å². The fourth-order valence-corrected chi connectivity index (χ4v) is 3.31. The lowest BCUT2D eigenvalue weighted by Gasteiger charge is -2.26. The summed E-state index contributed by atoms with van der Waals surface area (Å²) in [5.41, 5.74) is 0. The van der Waals surface area contributed by atoms with Crippen LogP contribution in [0.15, 0.2) is 0 Å². The minimum absolute atomic E-state index is 0.0290. The van der Waals surface area contributed by atoms with Gasteiger partial charge in [-0.25, -0.2) is 4.79 Å². The Bertz CT molecular complexity index is 674. The lowest BCUT2D eigenvalue weighted by atomic mass is 10.0. The maximum Gasteiger partial charge on any atom is 0.326 e. The van der Waals surface area contributed by atoms with Crippen molar-refractivity contribution >= 4 is 29.7 Å². The minimum atomic E-state index is -1.48. The lowest BCUT2D eigenvalue weighted by Crippen LogP contribution is -2.58. The van der Waals surface area contributed by atoms with Crippen molar-refractivity contribution in [2.45, 2.75) is 77.5 Å². The average Bonchev–Trinajstić information content (AvgIpc) is 3.18. The van der Waals surface area contributed by atoms with Crippen molar-refractivity contribution in [3.05, 3.63) is 0 Å². The van der Waals surface area contributed by atoms with Crippen LogP contribution in [-0.2, 0) is 24.0 Å². The summed E-state index contributed by atoms with van der Waals surface area (Å²) in [5, 5.41) is 28.8. The largest absolute Gasteiger partial charge is 0.481 e. The molecule has 1 rings (SSSR count). The van der Waals surface area contributed by atoms with E-state index < -0.39 is 54.3 Å². The second-order valence-corrected chi connectivity index (χ2v) is 8.57. The maximum absolute atomic E-state index is 12.8. The van der Waals surface area contributed by atoms with E-state index in [4.69, 9.17) is 5.11 Å². The summed E-state index contributed by atoms with van der Waals surface area (Å²) in [6.07, 6.45) is 0.912. The van der Waals surface area contributed by atoms with Gasteiger partial charge < -0.3 is 31.5 Å². The fourth-order valence-electron chi connectivity index (χ4n) is 3.31. The third-order valence-corrected chi connectivity index (χ3v) is 4.96. The van der Waals surface area contributed by atoms with Gasteiger partial charge in [-0.05, 0) is 37.6 Å². The summed E-state index contributed by atoms with van der Waals surface area (Å²) >= 11 is 0. The van der Waals surface area contributed by atoms with Gasteiger partial charge in [0.05, 0.1) is 12.5 Å². The summed E-state index contributed by atoms with van der Waals surface area (Å²) in [6.45, 7) is 7.70. The Morgan fingerprint density at radius 3 is 2.00 bits per heavy atom. The Morgan fingerprint density at radius 2 is 1.55 bits per heavy atom. The van der Waals surface area contributed by atoms with Crippen LogP contribution in [0.4, 0.5) is 0 Å². The van der Waals surface area contributed by atoms with Crippen LogP contribution in [0.25, 0.3) is 0 Å². The fraction of sp³-hybridized carbons (Fsp3) is 0.750. The normalized spacial score (nSPS) is 18.8. The van der Waals surface area contributed by atoms with Gasteiger partial charge in [0.15, 0.2) is 0 Å². The van der Waals surface area contributed by atoms with Crippen LogP contribution >= 0.6 is 0 Å². The maximum atomic E-state index is 12.8. The molecule has 0 saturated carbocycles. The summed E-state index contributed by atoms with van der Waals surface area (Å²) in [4.78, 5) is 60.4. The van der Waals surface area contributed by atoms with Gasteiger partial charge in [0.25, 0.3) is 0 Å². The number of rotatable bonds is 12. The van der Waals surface area contributed by atoms with Gasteiger partial charge in [-0.15, -0.1) is 0 Å². The van der Waals surface area contributed by atoms with Crippen molar-refractivity contribution in [3.63, 3.8) is 0 Å². The Labute approximate surface area is 181 Å². The zero-order valence-electron chi connectivity index (χ0n) is 18.4. The molecule has 176 valence electrons. The smallest absolute Gasteiger partial charge is 0.326 e.